The van der Waals surface area contributed by atoms with Crippen molar-refractivity contribution in [3.63, 3.8) is 0 Å². The first kappa shape index (κ1) is 16.1. The molecule has 5 heteroatoms. The van der Waals surface area contributed by atoms with Crippen LogP contribution in [0, 0.1) is 11.8 Å². The summed E-state index contributed by atoms with van der Waals surface area (Å²) in [6, 6.07) is 0. The predicted octanol–water partition coefficient (Wildman–Crippen LogP) is 1.82. The third-order valence-corrected chi connectivity index (χ3v) is 3.38. The molecule has 2 atom stereocenters. The molecule has 0 aromatic rings. The molecule has 1 rings (SSSR count). The molecule has 110 valence electrons. The molecule has 2 unspecified atom stereocenters. The highest BCUT2D eigenvalue weighted by Crippen LogP contribution is 2.26. The maximum Gasteiger partial charge on any atom is 0.303 e. The number of carbonyl (C=O) groups excluding carboxylic acids is 2. The van der Waals surface area contributed by atoms with Gasteiger partial charge in [0.1, 0.15) is 0 Å². The van der Waals surface area contributed by atoms with E-state index in [1.165, 1.54) is 0 Å². The van der Waals surface area contributed by atoms with Gasteiger partial charge in [0.2, 0.25) is 5.91 Å². The van der Waals surface area contributed by atoms with Crippen molar-refractivity contribution in [3.8, 4) is 0 Å². The van der Waals surface area contributed by atoms with Crippen LogP contribution in [0.3, 0.4) is 0 Å². The van der Waals surface area contributed by atoms with Gasteiger partial charge in [-0.05, 0) is 42.7 Å². The molecule has 0 fully saturated rings. The molecule has 1 aliphatic rings. The van der Waals surface area contributed by atoms with Gasteiger partial charge in [-0.15, -0.1) is 0 Å². The van der Waals surface area contributed by atoms with E-state index in [0.717, 1.165) is 5.57 Å². The summed E-state index contributed by atoms with van der Waals surface area (Å²) in [6.07, 6.45) is 4.66. The first-order valence-electron chi connectivity index (χ1n) is 6.71. The van der Waals surface area contributed by atoms with Gasteiger partial charge in [-0.25, -0.2) is 0 Å². The van der Waals surface area contributed by atoms with E-state index in [-0.39, 0.29) is 24.5 Å². The largest absolute Gasteiger partial charge is 0.481 e. The SMILES string of the molecule is CC1=CC(C)CC(=CCC(CC(N)=O)CC(=O)O)C1=O. The Kier molecular flexibility index (Phi) is 5.67. The van der Waals surface area contributed by atoms with E-state index in [9.17, 15) is 14.4 Å². The number of carbonyl (C=O) groups is 3. The molecule has 0 aromatic heterocycles. The van der Waals surface area contributed by atoms with E-state index in [4.69, 9.17) is 10.8 Å². The summed E-state index contributed by atoms with van der Waals surface area (Å²) < 4.78 is 0. The average Bonchev–Trinajstić information content (AvgIpc) is 2.30. The Balaban J connectivity index is 2.76. The van der Waals surface area contributed by atoms with Crippen LogP contribution in [0.25, 0.3) is 0 Å². The van der Waals surface area contributed by atoms with Gasteiger partial charge in [0.05, 0.1) is 0 Å². The fourth-order valence-electron chi connectivity index (χ4n) is 2.51. The molecular weight excluding hydrogens is 258 g/mol. The zero-order valence-corrected chi connectivity index (χ0v) is 11.9. The number of rotatable bonds is 6. The number of allylic oxidation sites excluding steroid dienone is 4. The first-order chi connectivity index (χ1) is 9.29. The number of hydrogen-bond acceptors (Lipinski definition) is 3. The molecule has 0 spiro atoms. The number of carboxylic acid groups (broad SMARTS) is 1. The average molecular weight is 279 g/mol. The van der Waals surface area contributed by atoms with Gasteiger partial charge in [-0.3, -0.25) is 14.4 Å². The van der Waals surface area contributed by atoms with Crippen LogP contribution < -0.4 is 5.73 Å². The fraction of sp³-hybridized carbons (Fsp3) is 0.533. The second-order valence-corrected chi connectivity index (χ2v) is 5.46. The van der Waals surface area contributed by atoms with Crippen LogP contribution in [0.5, 0.6) is 0 Å². The number of Topliss-reactive ketones (excluding diaryl/α,β-unsaturated/α-hetero) is 1. The highest BCUT2D eigenvalue weighted by atomic mass is 16.4. The summed E-state index contributed by atoms with van der Waals surface area (Å²) in [5, 5.41) is 8.82. The summed E-state index contributed by atoms with van der Waals surface area (Å²) in [6.45, 7) is 3.81. The minimum absolute atomic E-state index is 0.0104. The molecule has 0 saturated carbocycles. The molecule has 5 nitrogen and oxygen atoms in total. The number of carboxylic acids is 1. The molecule has 0 bridgehead atoms. The molecular formula is C15H21NO4. The van der Waals surface area contributed by atoms with Gasteiger partial charge in [-0.1, -0.05) is 19.1 Å². The molecule has 0 aromatic carbocycles. The lowest BCUT2D eigenvalue weighted by atomic mass is 9.85. The van der Waals surface area contributed by atoms with Gasteiger partial charge < -0.3 is 10.8 Å². The third kappa shape index (κ3) is 4.99. The number of nitrogens with two attached hydrogens (primary N) is 1. The first-order valence-corrected chi connectivity index (χ1v) is 6.71. The summed E-state index contributed by atoms with van der Waals surface area (Å²) in [7, 11) is 0. The Morgan fingerprint density at radius 2 is 2.15 bits per heavy atom. The Labute approximate surface area is 118 Å². The second kappa shape index (κ2) is 7.03. The summed E-state index contributed by atoms with van der Waals surface area (Å²) in [4.78, 5) is 33.7. The van der Waals surface area contributed by atoms with Crippen molar-refractivity contribution in [2.45, 2.75) is 39.5 Å². The monoisotopic (exact) mass is 279 g/mol. The van der Waals surface area contributed by atoms with E-state index in [0.29, 0.717) is 24.3 Å². The molecule has 20 heavy (non-hydrogen) atoms. The van der Waals surface area contributed by atoms with Gasteiger partial charge >= 0.3 is 5.97 Å². The van der Waals surface area contributed by atoms with E-state index >= 15 is 0 Å². The minimum atomic E-state index is -0.964. The highest BCUT2D eigenvalue weighted by molar-refractivity contribution is 6.08. The van der Waals surface area contributed by atoms with Crippen molar-refractivity contribution in [1.29, 1.82) is 0 Å². The van der Waals surface area contributed by atoms with E-state index in [2.05, 4.69) is 0 Å². The third-order valence-electron chi connectivity index (χ3n) is 3.38. The summed E-state index contributed by atoms with van der Waals surface area (Å²) in [5.41, 5.74) is 6.55. The van der Waals surface area contributed by atoms with E-state index < -0.39 is 11.9 Å². The van der Waals surface area contributed by atoms with Gasteiger partial charge in [-0.2, -0.15) is 0 Å². The zero-order valence-electron chi connectivity index (χ0n) is 11.9. The molecule has 1 amide bonds. The van der Waals surface area contributed by atoms with Crippen molar-refractivity contribution in [2.24, 2.45) is 17.6 Å². The highest BCUT2D eigenvalue weighted by Gasteiger charge is 2.21. The van der Waals surface area contributed by atoms with Crippen molar-refractivity contribution in [3.05, 3.63) is 23.3 Å². The molecule has 3 N–H and O–H groups in total. The van der Waals surface area contributed by atoms with Crippen molar-refractivity contribution in [1.82, 2.24) is 0 Å². The van der Waals surface area contributed by atoms with Gasteiger partial charge in [0.25, 0.3) is 0 Å². The van der Waals surface area contributed by atoms with Crippen LogP contribution in [0.1, 0.15) is 39.5 Å². The lowest BCUT2D eigenvalue weighted by Gasteiger charge is -2.18. The molecule has 0 radical (unpaired) electrons. The van der Waals surface area contributed by atoms with Crippen LogP contribution in [0.2, 0.25) is 0 Å². The molecule has 1 aliphatic carbocycles. The number of primary amides is 1. The molecule has 0 heterocycles. The Morgan fingerprint density at radius 3 is 2.70 bits per heavy atom. The summed E-state index contributed by atoms with van der Waals surface area (Å²) >= 11 is 0. The smallest absolute Gasteiger partial charge is 0.303 e. The number of ketones is 1. The maximum atomic E-state index is 12.0. The lowest BCUT2D eigenvalue weighted by molar-refractivity contribution is -0.138. The van der Waals surface area contributed by atoms with Crippen LogP contribution in [0.4, 0.5) is 0 Å². The Hall–Kier alpha value is -1.91. The topological polar surface area (TPSA) is 97.5 Å². The number of amides is 1. The standard InChI is InChI=1S/C15H21NO4/c1-9-5-10(2)15(20)12(6-9)4-3-11(7-13(16)17)8-14(18)19/h4-5,9,11H,3,6-8H2,1-2H3,(H2,16,17)(H,18,19). The van der Waals surface area contributed by atoms with Crippen LogP contribution in [-0.4, -0.2) is 22.8 Å². The van der Waals surface area contributed by atoms with Crippen molar-refractivity contribution >= 4 is 17.7 Å². The maximum absolute atomic E-state index is 12.0. The van der Waals surface area contributed by atoms with E-state index in [1.54, 1.807) is 13.0 Å². The Morgan fingerprint density at radius 1 is 1.50 bits per heavy atom. The second-order valence-electron chi connectivity index (χ2n) is 5.46. The van der Waals surface area contributed by atoms with Crippen LogP contribution in [-0.2, 0) is 14.4 Å². The van der Waals surface area contributed by atoms with Gasteiger partial charge in [0.15, 0.2) is 5.78 Å². The van der Waals surface area contributed by atoms with Crippen LogP contribution in [0.15, 0.2) is 23.3 Å². The van der Waals surface area contributed by atoms with E-state index in [1.807, 2.05) is 13.0 Å². The predicted molar refractivity (Wildman–Crippen MR) is 74.8 cm³/mol. The molecule has 0 aliphatic heterocycles. The quantitative estimate of drug-likeness (QED) is 0.725. The zero-order chi connectivity index (χ0) is 15.3. The molecule has 0 saturated heterocycles. The number of aliphatic carboxylic acids is 1. The number of hydrogen-bond donors (Lipinski definition) is 2. The van der Waals surface area contributed by atoms with Crippen LogP contribution >= 0.6 is 0 Å². The minimum Gasteiger partial charge on any atom is -0.481 e. The van der Waals surface area contributed by atoms with Crippen molar-refractivity contribution < 1.29 is 19.5 Å². The normalized spacial score (nSPS) is 22.5. The lowest BCUT2D eigenvalue weighted by Crippen LogP contribution is -2.19. The summed E-state index contributed by atoms with van der Waals surface area (Å²) in [5.74, 6) is -1.53. The Bertz CT molecular complexity index is 460. The fourth-order valence-corrected chi connectivity index (χ4v) is 2.51. The van der Waals surface area contributed by atoms with Gasteiger partial charge in [0, 0.05) is 12.8 Å². The van der Waals surface area contributed by atoms with Crippen molar-refractivity contribution in [2.75, 3.05) is 0 Å².